The first-order valence-corrected chi connectivity index (χ1v) is 21.0. The first-order valence-electron chi connectivity index (χ1n) is 21.0. The third-order valence-electron chi connectivity index (χ3n) is 12.5. The maximum atomic E-state index is 15.5. The average molecular weight is 908 g/mol. The van der Waals surface area contributed by atoms with Crippen molar-refractivity contribution in [2.45, 2.75) is 39.3 Å². The fraction of sp³-hybridized carbons (Fsp3) is 0.109. The molecule has 12 heteroatoms. The van der Waals surface area contributed by atoms with Crippen LogP contribution in [0, 0.1) is 32.1 Å². The quantitative estimate of drug-likeness (QED) is 0.158. The Kier molecular flexibility index (Phi) is 9.92. The molecular formula is C55H34F9N3. The van der Waals surface area contributed by atoms with Gasteiger partial charge in [0.05, 0.1) is 61.8 Å². The Hall–Kier alpha value is -7.78. The second kappa shape index (κ2) is 15.4. The first-order chi connectivity index (χ1) is 31.8. The zero-order chi connectivity index (χ0) is 47.3. The summed E-state index contributed by atoms with van der Waals surface area (Å²) in [5.41, 5.74) is 2.64. The minimum Gasteiger partial charge on any atom is -0.308 e. The van der Waals surface area contributed by atoms with E-state index in [1.54, 1.807) is 47.9 Å². The van der Waals surface area contributed by atoms with Crippen molar-refractivity contribution in [1.82, 2.24) is 9.13 Å². The van der Waals surface area contributed by atoms with E-state index in [4.69, 9.17) is 0 Å². The molecule has 0 atom stereocenters. The van der Waals surface area contributed by atoms with Crippen LogP contribution in [0.15, 0.2) is 152 Å². The van der Waals surface area contributed by atoms with Crippen LogP contribution in [-0.2, 0) is 18.5 Å². The summed E-state index contributed by atoms with van der Waals surface area (Å²) >= 11 is 0. The summed E-state index contributed by atoms with van der Waals surface area (Å²) in [5, 5.41) is 13.2. The van der Waals surface area contributed by atoms with Gasteiger partial charge >= 0.3 is 18.5 Å². The molecule has 0 aliphatic rings. The van der Waals surface area contributed by atoms with Crippen LogP contribution >= 0.6 is 0 Å². The molecule has 67 heavy (non-hydrogen) atoms. The summed E-state index contributed by atoms with van der Waals surface area (Å²) in [6.07, 6.45) is -15.0. The van der Waals surface area contributed by atoms with Crippen molar-refractivity contribution in [3.05, 3.63) is 191 Å². The fourth-order valence-corrected chi connectivity index (χ4v) is 9.67. The van der Waals surface area contributed by atoms with Gasteiger partial charge in [-0.05, 0) is 121 Å². The van der Waals surface area contributed by atoms with Crippen LogP contribution in [0.4, 0.5) is 39.5 Å². The number of halogens is 9. The Balaban J connectivity index is 1.33. The minimum atomic E-state index is -5.15. The summed E-state index contributed by atoms with van der Waals surface area (Å²) in [4.78, 5) is 0. The van der Waals surface area contributed by atoms with Crippen molar-refractivity contribution < 1.29 is 39.5 Å². The number of fused-ring (bicyclic) bond motifs is 6. The fourth-order valence-electron chi connectivity index (χ4n) is 9.67. The maximum Gasteiger partial charge on any atom is 0.417 e. The summed E-state index contributed by atoms with van der Waals surface area (Å²) in [7, 11) is 0. The molecule has 0 saturated carbocycles. The van der Waals surface area contributed by atoms with Gasteiger partial charge in [0.15, 0.2) is 0 Å². The van der Waals surface area contributed by atoms with Crippen LogP contribution in [0.5, 0.6) is 0 Å². The smallest absolute Gasteiger partial charge is 0.308 e. The lowest BCUT2D eigenvalue weighted by molar-refractivity contribution is -0.143. The monoisotopic (exact) mass is 907 g/mol. The Morgan fingerprint density at radius 2 is 0.940 bits per heavy atom. The minimum absolute atomic E-state index is 0.0353. The number of alkyl halides is 9. The van der Waals surface area contributed by atoms with Crippen molar-refractivity contribution in [3.63, 3.8) is 0 Å². The van der Waals surface area contributed by atoms with Gasteiger partial charge in [0.1, 0.15) is 0 Å². The van der Waals surface area contributed by atoms with E-state index in [2.05, 4.69) is 24.3 Å². The molecule has 332 valence electrons. The van der Waals surface area contributed by atoms with Gasteiger partial charge in [-0.3, -0.25) is 0 Å². The SMILES string of the molecule is Cc1ccc(-c2ccc3c(c2)c2ccccc2n3-c2cc(C#N)cc(-n3c4ccccc4c4cc(-c5ccc(C(F)(F)F)cc5C(F)(F)F)ccc43)c2-c2c(C)cccc2C(F)(F)F)c(C)c1. The molecule has 0 fully saturated rings. The molecule has 2 aromatic heterocycles. The van der Waals surface area contributed by atoms with Crippen LogP contribution in [-0.4, -0.2) is 9.13 Å². The number of nitrogens with zero attached hydrogens (tertiary/aromatic N) is 3. The van der Waals surface area contributed by atoms with Crippen LogP contribution in [0.25, 0.3) is 88.4 Å². The lowest BCUT2D eigenvalue weighted by Gasteiger charge is -2.24. The first kappa shape index (κ1) is 43.1. The zero-order valence-corrected chi connectivity index (χ0v) is 35.7. The van der Waals surface area contributed by atoms with Crippen molar-refractivity contribution >= 4 is 43.6 Å². The molecule has 0 aliphatic carbocycles. The van der Waals surface area contributed by atoms with E-state index in [0.717, 1.165) is 45.2 Å². The average Bonchev–Trinajstić information content (AvgIpc) is 3.79. The number of aromatic nitrogens is 2. The van der Waals surface area contributed by atoms with E-state index in [1.165, 1.54) is 30.3 Å². The van der Waals surface area contributed by atoms with Gasteiger partial charge in [-0.2, -0.15) is 44.8 Å². The molecule has 8 aromatic carbocycles. The molecule has 0 aliphatic heterocycles. The summed E-state index contributed by atoms with van der Waals surface area (Å²) < 4.78 is 135. The van der Waals surface area contributed by atoms with Crippen LogP contribution in [0.2, 0.25) is 0 Å². The van der Waals surface area contributed by atoms with Gasteiger partial charge in [-0.25, -0.2) is 0 Å². The van der Waals surface area contributed by atoms with E-state index < -0.39 is 40.8 Å². The van der Waals surface area contributed by atoms with E-state index in [1.807, 2.05) is 60.9 Å². The van der Waals surface area contributed by atoms with E-state index in [-0.39, 0.29) is 45.3 Å². The molecule has 10 rings (SSSR count). The van der Waals surface area contributed by atoms with Crippen molar-refractivity contribution in [3.8, 4) is 50.8 Å². The predicted molar refractivity (Wildman–Crippen MR) is 245 cm³/mol. The molecule has 0 amide bonds. The maximum absolute atomic E-state index is 15.5. The highest BCUT2D eigenvalue weighted by atomic mass is 19.4. The van der Waals surface area contributed by atoms with Crippen LogP contribution < -0.4 is 0 Å². The number of aryl methyl sites for hydroxylation is 3. The third-order valence-corrected chi connectivity index (χ3v) is 12.5. The van der Waals surface area contributed by atoms with Gasteiger partial charge in [0.2, 0.25) is 0 Å². The number of rotatable bonds is 5. The van der Waals surface area contributed by atoms with Crippen molar-refractivity contribution in [2.24, 2.45) is 0 Å². The highest BCUT2D eigenvalue weighted by Crippen LogP contribution is 2.49. The molecule has 0 spiro atoms. The van der Waals surface area contributed by atoms with E-state index in [9.17, 15) is 31.6 Å². The van der Waals surface area contributed by atoms with Gasteiger partial charge in [0.25, 0.3) is 0 Å². The largest absolute Gasteiger partial charge is 0.417 e. The summed E-state index contributed by atoms with van der Waals surface area (Å²) in [5.74, 6) is 0. The molecule has 0 saturated heterocycles. The molecular weight excluding hydrogens is 874 g/mol. The molecule has 0 unspecified atom stereocenters. The van der Waals surface area contributed by atoms with Gasteiger partial charge in [-0.15, -0.1) is 0 Å². The lowest BCUT2D eigenvalue weighted by atomic mass is 9.90. The highest BCUT2D eigenvalue weighted by molar-refractivity contribution is 6.13. The molecule has 10 aromatic rings. The second-order valence-electron chi connectivity index (χ2n) is 16.7. The Morgan fingerprint density at radius 1 is 0.418 bits per heavy atom. The number of para-hydroxylation sites is 2. The van der Waals surface area contributed by atoms with Crippen molar-refractivity contribution in [2.75, 3.05) is 0 Å². The number of hydrogen-bond donors (Lipinski definition) is 0. The molecule has 0 N–H and O–H groups in total. The number of benzene rings is 8. The Morgan fingerprint density at radius 3 is 1.46 bits per heavy atom. The lowest BCUT2D eigenvalue weighted by Crippen LogP contribution is -2.12. The van der Waals surface area contributed by atoms with Crippen molar-refractivity contribution in [1.29, 1.82) is 5.26 Å². The highest BCUT2D eigenvalue weighted by Gasteiger charge is 2.39. The molecule has 3 nitrogen and oxygen atoms in total. The van der Waals surface area contributed by atoms with Gasteiger partial charge in [-0.1, -0.05) is 90.5 Å². The standard InChI is InChI=1S/C55H34F9N3/c1-30-15-19-37(32(3)23-30)34-16-21-47-41(26-34)39-10-4-6-13-45(39)66(47)49-24-33(29-65)25-50(52(49)51-31(2)9-8-12-43(51)54(59,60)61)67-46-14-7-5-11-40(46)42-27-35(17-22-48(42)67)38-20-18-36(53(56,57)58)28-44(38)55(62,63)64/h4-28H,1-3H3. The predicted octanol–water partition coefficient (Wildman–Crippen LogP) is 16.7. The zero-order valence-electron chi connectivity index (χ0n) is 35.7. The van der Waals surface area contributed by atoms with Gasteiger partial charge in [0, 0.05) is 32.7 Å². The summed E-state index contributed by atoms with van der Waals surface area (Å²) in [6, 6.07) is 41.5. The Labute approximate surface area is 377 Å². The van der Waals surface area contributed by atoms with Gasteiger partial charge < -0.3 is 9.13 Å². The third kappa shape index (κ3) is 7.17. The topological polar surface area (TPSA) is 33.6 Å². The molecule has 0 bridgehead atoms. The second-order valence-corrected chi connectivity index (χ2v) is 16.7. The molecule has 2 heterocycles. The van der Waals surface area contributed by atoms with E-state index >= 15 is 13.2 Å². The van der Waals surface area contributed by atoms with E-state index in [0.29, 0.717) is 38.9 Å². The Bertz CT molecular complexity index is 3710. The van der Waals surface area contributed by atoms with Crippen LogP contribution in [0.3, 0.4) is 0 Å². The molecule has 0 radical (unpaired) electrons. The normalized spacial score (nSPS) is 12.5. The summed E-state index contributed by atoms with van der Waals surface area (Å²) in [6.45, 7) is 5.63. The number of nitriles is 1. The van der Waals surface area contributed by atoms with Crippen LogP contribution in [0.1, 0.15) is 38.9 Å². The number of hydrogen-bond acceptors (Lipinski definition) is 1.